The highest BCUT2D eigenvalue weighted by molar-refractivity contribution is 5.72. The average molecular weight is 685 g/mol. The molecule has 4 atom stereocenters. The lowest BCUT2D eigenvalue weighted by atomic mass is 9.70. The second kappa shape index (κ2) is 17.8. The lowest BCUT2D eigenvalue weighted by Gasteiger charge is -2.36. The summed E-state index contributed by atoms with van der Waals surface area (Å²) in [5, 5.41) is 10.0. The molecule has 3 aromatic carbocycles. The van der Waals surface area contributed by atoms with Crippen LogP contribution in [0, 0.1) is 17.3 Å². The van der Waals surface area contributed by atoms with Crippen LogP contribution in [0.1, 0.15) is 147 Å². The Morgan fingerprint density at radius 2 is 1.30 bits per heavy atom. The van der Waals surface area contributed by atoms with Crippen LogP contribution in [0.3, 0.4) is 0 Å². The van der Waals surface area contributed by atoms with Crippen LogP contribution in [0.4, 0.5) is 0 Å². The molecule has 0 bridgehead atoms. The number of aromatic hydroxyl groups is 1. The largest absolute Gasteiger partial charge is 0.508 e. The number of carbonyl (C=O) groups excluding carboxylic acids is 1. The Morgan fingerprint density at radius 3 is 1.86 bits per heavy atom. The lowest BCUT2D eigenvalue weighted by molar-refractivity contribution is -0.154. The number of phenols is 1. The fourth-order valence-electron chi connectivity index (χ4n) is 7.58. The molecule has 4 rings (SSSR count). The van der Waals surface area contributed by atoms with Gasteiger partial charge in [0.15, 0.2) is 6.29 Å². The van der Waals surface area contributed by atoms with Crippen molar-refractivity contribution in [1.29, 1.82) is 0 Å². The van der Waals surface area contributed by atoms with Gasteiger partial charge in [-0.1, -0.05) is 104 Å². The molecule has 5 nitrogen and oxygen atoms in total. The molecule has 0 radical (unpaired) electrons. The quantitative estimate of drug-likeness (QED) is 0.0980. The number of benzene rings is 3. The molecule has 1 aliphatic carbocycles. The standard InChI is InChI=1S/C45H64O5/c1-10-33(30-38(36-15-23-41(46)24-16-36)29-31(2)34-11-19-39(20-12-34)44(4,5)6)35-17-25-42(26-18-35)50-32(3)48-27-28-49-43(47)37-13-21-40(22-14-37)45(7,8)9/h11-12,15-20,23-26,31-33,37-38,40,46H,10,13-14,21-22,27-30H2,1-9H3. The van der Waals surface area contributed by atoms with E-state index in [-0.39, 0.29) is 23.9 Å². The highest BCUT2D eigenvalue weighted by Gasteiger charge is 2.33. The van der Waals surface area contributed by atoms with E-state index in [1.165, 1.54) is 22.3 Å². The molecule has 3 aromatic rings. The lowest BCUT2D eigenvalue weighted by Crippen LogP contribution is -2.30. The van der Waals surface area contributed by atoms with Gasteiger partial charge in [0.05, 0.1) is 12.5 Å². The molecule has 1 saturated carbocycles. The minimum Gasteiger partial charge on any atom is -0.508 e. The molecule has 5 heteroatoms. The summed E-state index contributed by atoms with van der Waals surface area (Å²) >= 11 is 0. The number of phenolic OH excluding ortho intramolecular Hbond substituents is 1. The van der Waals surface area contributed by atoms with Crippen LogP contribution in [0.25, 0.3) is 0 Å². The van der Waals surface area contributed by atoms with Gasteiger partial charge in [-0.25, -0.2) is 0 Å². The van der Waals surface area contributed by atoms with Gasteiger partial charge in [0.2, 0.25) is 0 Å². The van der Waals surface area contributed by atoms with E-state index in [1.807, 2.05) is 31.2 Å². The summed E-state index contributed by atoms with van der Waals surface area (Å²) in [5.74, 6) is 2.77. The Labute approximate surface area is 303 Å². The SMILES string of the molecule is CCC(CC(CC(C)c1ccc(C(C)(C)C)cc1)c1ccc(O)cc1)c1ccc(OC(C)OCCOC(=O)C2CCC(C(C)(C)C)CC2)cc1. The fourth-order valence-corrected chi connectivity index (χ4v) is 7.58. The van der Waals surface area contributed by atoms with Crippen LogP contribution >= 0.6 is 0 Å². The van der Waals surface area contributed by atoms with Crippen molar-refractivity contribution in [3.05, 3.63) is 95.1 Å². The van der Waals surface area contributed by atoms with Crippen LogP contribution in [-0.4, -0.2) is 30.6 Å². The molecule has 1 fully saturated rings. The van der Waals surface area contributed by atoms with E-state index in [4.69, 9.17) is 14.2 Å². The van der Waals surface area contributed by atoms with Crippen molar-refractivity contribution in [3.63, 3.8) is 0 Å². The summed E-state index contributed by atoms with van der Waals surface area (Å²) in [6.07, 6.45) is 6.63. The Morgan fingerprint density at radius 1 is 0.740 bits per heavy atom. The van der Waals surface area contributed by atoms with E-state index in [1.54, 1.807) is 0 Å². The first-order chi connectivity index (χ1) is 23.6. The third-order valence-corrected chi connectivity index (χ3v) is 11.0. The minimum absolute atomic E-state index is 0.0123. The van der Waals surface area contributed by atoms with Crippen LogP contribution in [0.15, 0.2) is 72.8 Å². The van der Waals surface area contributed by atoms with Gasteiger partial charge in [-0.05, 0) is 133 Å². The first-order valence-electron chi connectivity index (χ1n) is 19.1. The maximum Gasteiger partial charge on any atom is 0.309 e. The molecule has 1 aliphatic rings. The first kappa shape index (κ1) is 39.5. The summed E-state index contributed by atoms with van der Waals surface area (Å²) < 4.78 is 17.4. The Bertz CT molecular complexity index is 1440. The number of esters is 1. The van der Waals surface area contributed by atoms with Crippen molar-refractivity contribution in [2.45, 2.75) is 137 Å². The molecule has 274 valence electrons. The average Bonchev–Trinajstić information content (AvgIpc) is 3.08. The van der Waals surface area contributed by atoms with Gasteiger partial charge in [-0.15, -0.1) is 0 Å². The van der Waals surface area contributed by atoms with Gasteiger partial charge in [0.1, 0.15) is 18.1 Å². The highest BCUT2D eigenvalue weighted by Crippen LogP contribution is 2.41. The maximum absolute atomic E-state index is 12.6. The Hall–Kier alpha value is -3.31. The normalized spacial score (nSPS) is 19.3. The van der Waals surface area contributed by atoms with Gasteiger partial charge in [0.25, 0.3) is 0 Å². The summed E-state index contributed by atoms with van der Waals surface area (Å²) in [5.41, 5.74) is 5.72. The van der Waals surface area contributed by atoms with Crippen molar-refractivity contribution in [2.24, 2.45) is 17.3 Å². The number of rotatable bonds is 15. The summed E-state index contributed by atoms with van der Waals surface area (Å²) in [4.78, 5) is 12.6. The molecule has 1 N–H and O–H groups in total. The van der Waals surface area contributed by atoms with Crippen LogP contribution in [0.5, 0.6) is 11.5 Å². The van der Waals surface area contributed by atoms with Gasteiger partial charge >= 0.3 is 5.97 Å². The molecule has 0 spiro atoms. The molecule has 50 heavy (non-hydrogen) atoms. The zero-order valence-electron chi connectivity index (χ0n) is 32.3. The Balaban J connectivity index is 1.29. The molecule has 0 heterocycles. The summed E-state index contributed by atoms with van der Waals surface area (Å²) in [6, 6.07) is 25.3. The number of hydrogen-bond acceptors (Lipinski definition) is 5. The molecule has 0 amide bonds. The molecule has 4 unspecified atom stereocenters. The smallest absolute Gasteiger partial charge is 0.309 e. The van der Waals surface area contributed by atoms with E-state index in [0.717, 1.165) is 50.7 Å². The van der Waals surface area contributed by atoms with Crippen molar-refractivity contribution < 1.29 is 24.1 Å². The van der Waals surface area contributed by atoms with Crippen molar-refractivity contribution >= 4 is 5.97 Å². The molecule has 0 aromatic heterocycles. The van der Waals surface area contributed by atoms with E-state index >= 15 is 0 Å². The zero-order valence-corrected chi connectivity index (χ0v) is 32.3. The van der Waals surface area contributed by atoms with Crippen molar-refractivity contribution in [1.82, 2.24) is 0 Å². The van der Waals surface area contributed by atoms with Gasteiger partial charge < -0.3 is 19.3 Å². The van der Waals surface area contributed by atoms with Crippen molar-refractivity contribution in [3.8, 4) is 11.5 Å². The van der Waals surface area contributed by atoms with Crippen LogP contribution in [0.2, 0.25) is 0 Å². The first-order valence-corrected chi connectivity index (χ1v) is 19.1. The maximum atomic E-state index is 12.6. The number of ether oxygens (including phenoxy) is 3. The zero-order chi connectivity index (χ0) is 36.5. The molecule has 0 aliphatic heterocycles. The van der Waals surface area contributed by atoms with Gasteiger partial charge in [0, 0.05) is 0 Å². The fraction of sp³-hybridized carbons (Fsp3) is 0.578. The molecular weight excluding hydrogens is 620 g/mol. The third kappa shape index (κ3) is 11.6. The molecular formula is C45H64O5. The minimum atomic E-state index is -0.457. The third-order valence-electron chi connectivity index (χ3n) is 11.0. The summed E-state index contributed by atoms with van der Waals surface area (Å²) in [6.45, 7) is 20.7. The van der Waals surface area contributed by atoms with Gasteiger partial charge in [-0.2, -0.15) is 0 Å². The van der Waals surface area contributed by atoms with E-state index < -0.39 is 6.29 Å². The number of hydrogen-bond donors (Lipinski definition) is 1. The second-order valence-electron chi connectivity index (χ2n) is 16.8. The topological polar surface area (TPSA) is 65.0 Å². The molecule has 0 saturated heterocycles. The van der Waals surface area contributed by atoms with Crippen molar-refractivity contribution in [2.75, 3.05) is 13.2 Å². The van der Waals surface area contributed by atoms with E-state index in [0.29, 0.717) is 41.4 Å². The predicted molar refractivity (Wildman–Crippen MR) is 205 cm³/mol. The monoisotopic (exact) mass is 684 g/mol. The Kier molecular flexibility index (Phi) is 14.0. The predicted octanol–water partition coefficient (Wildman–Crippen LogP) is 11.7. The number of carbonyl (C=O) groups is 1. The van der Waals surface area contributed by atoms with Crippen LogP contribution in [-0.2, 0) is 19.7 Å². The summed E-state index contributed by atoms with van der Waals surface area (Å²) in [7, 11) is 0. The van der Waals surface area contributed by atoms with Crippen LogP contribution < -0.4 is 4.74 Å². The second-order valence-corrected chi connectivity index (χ2v) is 16.8. The van der Waals surface area contributed by atoms with E-state index in [9.17, 15) is 9.90 Å². The van der Waals surface area contributed by atoms with E-state index in [2.05, 4.69) is 104 Å². The highest BCUT2D eigenvalue weighted by atomic mass is 16.7. The van der Waals surface area contributed by atoms with Gasteiger partial charge in [-0.3, -0.25) is 4.79 Å².